The van der Waals surface area contributed by atoms with E-state index in [9.17, 15) is 26.3 Å². The normalized spacial score (nSPS) is 12.9. The Kier molecular flexibility index (Phi) is 3.66. The van der Waals surface area contributed by atoms with Gasteiger partial charge in [-0.25, -0.2) is 0 Å². The average Bonchev–Trinajstić information content (AvgIpc) is 2.12. The van der Waals surface area contributed by atoms with E-state index in [1.165, 1.54) is 0 Å². The van der Waals surface area contributed by atoms with Crippen molar-refractivity contribution in [2.45, 2.75) is 17.7 Å². The first-order chi connectivity index (χ1) is 7.57. The first-order valence-electron chi connectivity index (χ1n) is 4.13. The van der Waals surface area contributed by atoms with Gasteiger partial charge < -0.3 is 5.11 Å². The van der Waals surface area contributed by atoms with Crippen LogP contribution >= 0.6 is 15.9 Å². The number of rotatable bonds is 1. The maximum atomic E-state index is 12.4. The third-order valence-corrected chi connectivity index (χ3v) is 2.57. The van der Waals surface area contributed by atoms with Crippen molar-refractivity contribution >= 4 is 15.9 Å². The summed E-state index contributed by atoms with van der Waals surface area (Å²) >= 11 is 2.81. The van der Waals surface area contributed by atoms with E-state index in [2.05, 4.69) is 15.9 Å². The molecule has 1 nitrogen and oxygen atoms in total. The highest BCUT2D eigenvalue weighted by atomic mass is 79.9. The van der Waals surface area contributed by atoms with Crippen molar-refractivity contribution in [1.82, 2.24) is 0 Å². The molecule has 8 heteroatoms. The second-order valence-corrected chi connectivity index (χ2v) is 3.73. The van der Waals surface area contributed by atoms with Gasteiger partial charge in [0.2, 0.25) is 0 Å². The molecule has 96 valence electrons. The smallest absolute Gasteiger partial charge is 0.420 e. The zero-order valence-electron chi connectivity index (χ0n) is 7.95. The predicted octanol–water partition coefficient (Wildman–Crippen LogP) is 4.32. The van der Waals surface area contributed by atoms with Gasteiger partial charge in [0.1, 0.15) is 11.3 Å². The molecular formula is C9H5BrF6O. The second-order valence-electron chi connectivity index (χ2n) is 3.17. The van der Waals surface area contributed by atoms with Crippen molar-refractivity contribution in [2.75, 3.05) is 0 Å². The van der Waals surface area contributed by atoms with E-state index in [-0.39, 0.29) is 10.9 Å². The van der Waals surface area contributed by atoms with Crippen molar-refractivity contribution in [3.63, 3.8) is 0 Å². The van der Waals surface area contributed by atoms with E-state index in [4.69, 9.17) is 5.11 Å². The maximum absolute atomic E-state index is 12.4. The summed E-state index contributed by atoms with van der Waals surface area (Å²) in [5, 5.41) is 8.97. The largest absolute Gasteiger partial charge is 0.507 e. The number of halogens is 7. The van der Waals surface area contributed by atoms with E-state index >= 15 is 0 Å². The molecular weight excluding hydrogens is 318 g/mol. The van der Waals surface area contributed by atoms with E-state index in [0.717, 1.165) is 0 Å². The molecule has 17 heavy (non-hydrogen) atoms. The fourth-order valence-corrected chi connectivity index (χ4v) is 1.61. The molecule has 1 rings (SSSR count). The number of phenolic OH excluding ortho intramolecular Hbond substituents is 1. The molecule has 0 fully saturated rings. The van der Waals surface area contributed by atoms with Crippen LogP contribution < -0.4 is 0 Å². The van der Waals surface area contributed by atoms with Crippen LogP contribution in [0.4, 0.5) is 26.3 Å². The SMILES string of the molecule is Oc1cc(CBr)cc(C(F)(F)F)c1C(F)(F)F. The number of hydrogen-bond donors (Lipinski definition) is 1. The molecule has 0 saturated heterocycles. The van der Waals surface area contributed by atoms with Gasteiger partial charge >= 0.3 is 12.4 Å². The Morgan fingerprint density at radius 3 is 1.88 bits per heavy atom. The highest BCUT2D eigenvalue weighted by Gasteiger charge is 2.45. The summed E-state index contributed by atoms with van der Waals surface area (Å²) in [7, 11) is 0. The summed E-state index contributed by atoms with van der Waals surface area (Å²) in [6.45, 7) is 0. The number of hydrogen-bond acceptors (Lipinski definition) is 1. The predicted molar refractivity (Wildman–Crippen MR) is 50.7 cm³/mol. The molecule has 0 bridgehead atoms. The zero-order chi connectivity index (χ0) is 13.4. The minimum atomic E-state index is -5.26. The lowest BCUT2D eigenvalue weighted by Gasteiger charge is -2.17. The molecule has 0 aliphatic carbocycles. The standard InChI is InChI=1S/C9H5BrF6O/c10-3-4-1-5(8(11,12)13)7(6(17)2-4)9(14,15)16/h1-2,17H,3H2. The van der Waals surface area contributed by atoms with Crippen LogP contribution in [0, 0.1) is 0 Å². The van der Waals surface area contributed by atoms with E-state index in [1.54, 1.807) is 0 Å². The summed E-state index contributed by atoms with van der Waals surface area (Å²) in [6.07, 6.45) is -10.4. The topological polar surface area (TPSA) is 20.2 Å². The average molecular weight is 323 g/mol. The summed E-state index contributed by atoms with van der Waals surface area (Å²) in [4.78, 5) is 0. The Morgan fingerprint density at radius 2 is 1.53 bits per heavy atom. The maximum Gasteiger partial charge on any atom is 0.420 e. The van der Waals surface area contributed by atoms with E-state index in [1.807, 2.05) is 0 Å². The molecule has 0 saturated carbocycles. The number of phenols is 1. The minimum absolute atomic E-state index is 0.0946. The van der Waals surface area contributed by atoms with Gasteiger partial charge in [0, 0.05) is 5.33 Å². The fraction of sp³-hybridized carbons (Fsp3) is 0.333. The molecule has 0 heterocycles. The molecule has 0 spiro atoms. The molecule has 0 aliphatic rings. The fourth-order valence-electron chi connectivity index (χ4n) is 1.28. The van der Waals surface area contributed by atoms with Gasteiger partial charge in [-0.05, 0) is 17.7 Å². The van der Waals surface area contributed by atoms with E-state index < -0.39 is 29.2 Å². The molecule has 1 aromatic carbocycles. The Morgan fingerprint density at radius 1 is 1.00 bits per heavy atom. The summed E-state index contributed by atoms with van der Waals surface area (Å²) in [5.74, 6) is -1.43. The van der Waals surface area contributed by atoms with Crippen LogP contribution in [0.15, 0.2) is 12.1 Å². The molecule has 1 N–H and O–H groups in total. The van der Waals surface area contributed by atoms with Gasteiger partial charge in [0.15, 0.2) is 0 Å². The lowest BCUT2D eigenvalue weighted by atomic mass is 10.0. The third-order valence-electron chi connectivity index (χ3n) is 1.92. The van der Waals surface area contributed by atoms with Crippen molar-refractivity contribution in [3.05, 3.63) is 28.8 Å². The lowest BCUT2D eigenvalue weighted by molar-refractivity contribution is -0.163. The monoisotopic (exact) mass is 322 g/mol. The third kappa shape index (κ3) is 3.05. The van der Waals surface area contributed by atoms with Gasteiger partial charge in [-0.3, -0.25) is 0 Å². The Bertz CT molecular complexity index is 423. The van der Waals surface area contributed by atoms with E-state index in [0.29, 0.717) is 12.1 Å². The summed E-state index contributed by atoms with van der Waals surface area (Å²) in [6, 6.07) is 1.00. The number of alkyl halides is 7. The molecule has 0 atom stereocenters. The summed E-state index contributed by atoms with van der Waals surface area (Å²) < 4.78 is 74.6. The lowest BCUT2D eigenvalue weighted by Crippen LogP contribution is -2.17. The highest BCUT2D eigenvalue weighted by molar-refractivity contribution is 9.08. The van der Waals surface area contributed by atoms with Gasteiger partial charge in [-0.1, -0.05) is 15.9 Å². The van der Waals surface area contributed by atoms with Crippen LogP contribution in [0.3, 0.4) is 0 Å². The highest BCUT2D eigenvalue weighted by Crippen LogP contribution is 2.45. The quantitative estimate of drug-likeness (QED) is 0.603. The molecule has 0 radical (unpaired) electrons. The first kappa shape index (κ1) is 14.1. The van der Waals surface area contributed by atoms with Crippen LogP contribution in [0.2, 0.25) is 0 Å². The molecule has 0 aromatic heterocycles. The molecule has 0 amide bonds. The van der Waals surface area contributed by atoms with Crippen LogP contribution in [0.25, 0.3) is 0 Å². The van der Waals surface area contributed by atoms with Crippen molar-refractivity contribution < 1.29 is 31.4 Å². The zero-order valence-corrected chi connectivity index (χ0v) is 9.54. The van der Waals surface area contributed by atoms with Crippen LogP contribution in [0.1, 0.15) is 16.7 Å². The van der Waals surface area contributed by atoms with Crippen molar-refractivity contribution in [2.24, 2.45) is 0 Å². The number of aromatic hydroxyl groups is 1. The van der Waals surface area contributed by atoms with Gasteiger partial charge in [-0.15, -0.1) is 0 Å². The molecule has 0 aliphatic heterocycles. The first-order valence-corrected chi connectivity index (χ1v) is 5.25. The Labute approximate surface area is 100 Å². The minimum Gasteiger partial charge on any atom is -0.507 e. The van der Waals surface area contributed by atoms with Crippen LogP contribution in [-0.2, 0) is 17.7 Å². The summed E-state index contributed by atoms with van der Waals surface area (Å²) in [5.41, 5.74) is -4.04. The Hall–Kier alpha value is -0.920. The molecule has 1 aromatic rings. The van der Waals surface area contributed by atoms with Gasteiger partial charge in [0.25, 0.3) is 0 Å². The van der Waals surface area contributed by atoms with Crippen LogP contribution in [0.5, 0.6) is 5.75 Å². The van der Waals surface area contributed by atoms with Gasteiger partial charge in [0.05, 0.1) is 5.56 Å². The van der Waals surface area contributed by atoms with Crippen molar-refractivity contribution in [3.8, 4) is 5.75 Å². The van der Waals surface area contributed by atoms with Crippen LogP contribution in [-0.4, -0.2) is 5.11 Å². The van der Waals surface area contributed by atoms with Gasteiger partial charge in [-0.2, -0.15) is 26.3 Å². The number of benzene rings is 1. The Balaban J connectivity index is 3.58. The second kappa shape index (κ2) is 4.40. The van der Waals surface area contributed by atoms with Crippen molar-refractivity contribution in [1.29, 1.82) is 0 Å². The molecule has 0 unspecified atom stereocenters.